The van der Waals surface area contributed by atoms with E-state index in [-0.39, 0.29) is 30.0 Å². The molecule has 1 aromatic heterocycles. The number of aromatic nitrogens is 1. The average molecular weight is 649 g/mol. The monoisotopic (exact) mass is 648 g/mol. The Morgan fingerprint density at radius 2 is 1.57 bits per heavy atom. The number of nitrogens with one attached hydrogen (secondary N) is 1. The van der Waals surface area contributed by atoms with Gasteiger partial charge in [0.05, 0.1) is 12.5 Å². The first-order valence-corrected chi connectivity index (χ1v) is 18.4. The zero-order valence-corrected chi connectivity index (χ0v) is 26.5. The van der Waals surface area contributed by atoms with Crippen molar-refractivity contribution in [2.24, 2.45) is 5.92 Å². The molecule has 2 aliphatic rings. The van der Waals surface area contributed by atoms with E-state index in [1.165, 1.54) is 23.1 Å². The fourth-order valence-corrected chi connectivity index (χ4v) is 9.47. The molecular formula is C31H38F2N4O5S2. The van der Waals surface area contributed by atoms with Crippen LogP contribution in [0.5, 0.6) is 0 Å². The first-order chi connectivity index (χ1) is 20.8. The lowest BCUT2D eigenvalue weighted by atomic mass is 9.84. The molecule has 1 amide bonds. The van der Waals surface area contributed by atoms with E-state index in [2.05, 4.69) is 22.1 Å². The Kier molecular flexibility index (Phi) is 9.59. The molecule has 2 aliphatic heterocycles. The molecule has 0 aliphatic carbocycles. The number of hydrogen-bond acceptors (Lipinski definition) is 6. The van der Waals surface area contributed by atoms with Gasteiger partial charge >= 0.3 is 0 Å². The molecular weight excluding hydrogens is 610 g/mol. The SMILES string of the molecule is CS(=O)(=O)N(CC(C1CCN(C(=O)C=Cc2cc(F)cc(F)c2)CC1)N1CCC(c2c[nH]c3ccccc23)CC1)S(C)(=O)=O. The third kappa shape index (κ3) is 7.56. The lowest BCUT2D eigenvalue weighted by molar-refractivity contribution is -0.127. The number of carbonyl (C=O) groups is 1. The summed E-state index contributed by atoms with van der Waals surface area (Å²) in [5.41, 5.74) is 2.58. The maximum atomic E-state index is 13.5. The number of piperidine rings is 2. The standard InChI is InChI=1S/C31H38F2N4O5S2/c1-43(39,40)37(44(2,41)42)21-30(35-13-9-23(10-14-35)28-20-34-29-6-4-3-5-27(28)29)24-11-15-36(16-12-24)31(38)8-7-22-17-25(32)19-26(33)18-22/h3-8,17-20,23-24,30,34H,9-16,21H2,1-2H3. The number of likely N-dealkylation sites (tertiary alicyclic amines) is 2. The lowest BCUT2D eigenvalue weighted by Gasteiger charge is -2.44. The van der Waals surface area contributed by atoms with Gasteiger partial charge < -0.3 is 9.88 Å². The van der Waals surface area contributed by atoms with Gasteiger partial charge in [-0.1, -0.05) is 21.9 Å². The minimum atomic E-state index is -4.04. The van der Waals surface area contributed by atoms with E-state index in [9.17, 15) is 30.4 Å². The van der Waals surface area contributed by atoms with E-state index in [0.717, 1.165) is 49.1 Å². The number of benzene rings is 2. The molecule has 3 aromatic rings. The number of amides is 1. The lowest BCUT2D eigenvalue weighted by Crippen LogP contribution is -2.54. The van der Waals surface area contributed by atoms with Gasteiger partial charge in [-0.3, -0.25) is 9.69 Å². The molecule has 0 radical (unpaired) electrons. The van der Waals surface area contributed by atoms with Crippen molar-refractivity contribution >= 4 is 42.9 Å². The summed E-state index contributed by atoms with van der Waals surface area (Å²) < 4.78 is 78.0. The van der Waals surface area contributed by atoms with Gasteiger partial charge in [0.15, 0.2) is 0 Å². The number of para-hydroxylation sites is 1. The Hall–Kier alpha value is -3.13. The number of hydrogen-bond donors (Lipinski definition) is 1. The second-order valence-corrected chi connectivity index (χ2v) is 15.9. The number of H-pyrrole nitrogens is 1. The Morgan fingerprint density at radius 3 is 2.18 bits per heavy atom. The van der Waals surface area contributed by atoms with Crippen LogP contribution in [-0.4, -0.2) is 92.5 Å². The van der Waals surface area contributed by atoms with Gasteiger partial charge in [-0.05, 0) is 86.0 Å². The molecule has 0 saturated carbocycles. The van der Waals surface area contributed by atoms with Crippen LogP contribution in [0.2, 0.25) is 0 Å². The number of aromatic amines is 1. The van der Waals surface area contributed by atoms with Crippen LogP contribution in [0.3, 0.4) is 0 Å². The topological polar surface area (TPSA) is 111 Å². The van der Waals surface area contributed by atoms with E-state index < -0.39 is 31.7 Å². The fourth-order valence-electron chi connectivity index (χ4n) is 6.65. The molecule has 2 fully saturated rings. The molecule has 3 heterocycles. The van der Waals surface area contributed by atoms with Gasteiger partial charge in [0, 0.05) is 54.9 Å². The number of rotatable bonds is 9. The van der Waals surface area contributed by atoms with Gasteiger partial charge in [-0.2, -0.15) is 0 Å². The molecule has 1 N–H and O–H groups in total. The molecule has 0 spiro atoms. The van der Waals surface area contributed by atoms with Crippen LogP contribution in [0.15, 0.2) is 54.7 Å². The smallest absolute Gasteiger partial charge is 0.246 e. The van der Waals surface area contributed by atoms with Crippen LogP contribution in [0, 0.1) is 17.6 Å². The van der Waals surface area contributed by atoms with Gasteiger partial charge in [0.25, 0.3) is 0 Å². The highest BCUT2D eigenvalue weighted by atomic mass is 32.3. The van der Waals surface area contributed by atoms with Crippen molar-refractivity contribution in [3.63, 3.8) is 0 Å². The Labute approximate surface area is 257 Å². The molecule has 238 valence electrons. The molecule has 1 atom stereocenters. The van der Waals surface area contributed by atoms with Crippen molar-refractivity contribution in [2.75, 3.05) is 45.2 Å². The Morgan fingerprint density at radius 1 is 0.955 bits per heavy atom. The summed E-state index contributed by atoms with van der Waals surface area (Å²) in [4.78, 5) is 20.1. The maximum absolute atomic E-state index is 13.5. The fraction of sp³-hybridized carbons (Fsp3) is 0.452. The second-order valence-electron chi connectivity index (χ2n) is 11.8. The van der Waals surface area contributed by atoms with Crippen LogP contribution >= 0.6 is 0 Å². The van der Waals surface area contributed by atoms with Crippen LogP contribution in [0.4, 0.5) is 8.78 Å². The number of fused-ring (bicyclic) bond motifs is 1. The summed E-state index contributed by atoms with van der Waals surface area (Å²) in [6.45, 7) is 1.97. The molecule has 13 heteroatoms. The highest BCUT2D eigenvalue weighted by molar-refractivity contribution is 8.03. The van der Waals surface area contributed by atoms with Gasteiger partial charge in [0.2, 0.25) is 26.0 Å². The van der Waals surface area contributed by atoms with Gasteiger partial charge in [-0.25, -0.2) is 25.6 Å². The van der Waals surface area contributed by atoms with Crippen molar-refractivity contribution < 1.29 is 30.4 Å². The van der Waals surface area contributed by atoms with E-state index in [4.69, 9.17) is 0 Å². The maximum Gasteiger partial charge on any atom is 0.246 e. The number of halogens is 2. The van der Waals surface area contributed by atoms with Gasteiger partial charge in [-0.15, -0.1) is 0 Å². The Balaban J connectivity index is 1.29. The quantitative estimate of drug-likeness (QED) is 0.349. The minimum Gasteiger partial charge on any atom is -0.361 e. The summed E-state index contributed by atoms with van der Waals surface area (Å²) >= 11 is 0. The summed E-state index contributed by atoms with van der Waals surface area (Å²) in [5.74, 6) is -1.48. The van der Waals surface area contributed by atoms with E-state index in [1.807, 2.05) is 18.2 Å². The normalized spacial score (nSPS) is 18.9. The van der Waals surface area contributed by atoms with Crippen LogP contribution in [0.25, 0.3) is 17.0 Å². The predicted molar refractivity (Wildman–Crippen MR) is 167 cm³/mol. The van der Waals surface area contributed by atoms with Crippen molar-refractivity contribution in [1.29, 1.82) is 0 Å². The van der Waals surface area contributed by atoms with E-state index in [0.29, 0.717) is 48.6 Å². The Bertz CT molecular complexity index is 1690. The third-order valence-corrected chi connectivity index (χ3v) is 12.2. The molecule has 5 rings (SSSR count). The molecule has 2 saturated heterocycles. The number of sulfonamides is 2. The largest absolute Gasteiger partial charge is 0.361 e. The predicted octanol–water partition coefficient (Wildman–Crippen LogP) is 4.17. The second kappa shape index (κ2) is 13.1. The van der Waals surface area contributed by atoms with Crippen molar-refractivity contribution in [3.05, 3.63) is 77.5 Å². The number of carbonyl (C=O) groups excluding carboxylic acids is 1. The molecule has 9 nitrogen and oxygen atoms in total. The summed E-state index contributed by atoms with van der Waals surface area (Å²) in [6, 6.07) is 10.8. The zero-order chi connectivity index (χ0) is 31.6. The van der Waals surface area contributed by atoms with Crippen molar-refractivity contribution in [3.8, 4) is 0 Å². The molecule has 44 heavy (non-hydrogen) atoms. The third-order valence-electron chi connectivity index (χ3n) is 8.83. The highest BCUT2D eigenvalue weighted by Gasteiger charge is 2.39. The summed E-state index contributed by atoms with van der Waals surface area (Å²) in [7, 11) is -8.08. The van der Waals surface area contributed by atoms with E-state index in [1.54, 1.807) is 4.90 Å². The number of nitrogens with zero attached hydrogens (tertiary/aromatic N) is 3. The first-order valence-electron chi connectivity index (χ1n) is 14.7. The summed E-state index contributed by atoms with van der Waals surface area (Å²) in [5, 5.41) is 1.19. The summed E-state index contributed by atoms with van der Waals surface area (Å²) in [6.07, 6.45) is 9.35. The minimum absolute atomic E-state index is 0.0454. The van der Waals surface area contributed by atoms with Crippen LogP contribution in [-0.2, 0) is 24.8 Å². The van der Waals surface area contributed by atoms with Crippen LogP contribution < -0.4 is 0 Å². The van der Waals surface area contributed by atoms with E-state index >= 15 is 0 Å². The zero-order valence-electron chi connectivity index (χ0n) is 24.8. The van der Waals surface area contributed by atoms with Crippen molar-refractivity contribution in [1.82, 2.24) is 18.5 Å². The first kappa shape index (κ1) is 32.3. The highest BCUT2D eigenvalue weighted by Crippen LogP contribution is 2.36. The van der Waals surface area contributed by atoms with Crippen molar-refractivity contribution in [2.45, 2.75) is 37.6 Å². The average Bonchev–Trinajstić information content (AvgIpc) is 3.39. The van der Waals surface area contributed by atoms with Gasteiger partial charge in [0.1, 0.15) is 11.6 Å². The van der Waals surface area contributed by atoms with Crippen LogP contribution in [0.1, 0.15) is 42.7 Å². The molecule has 0 bridgehead atoms. The molecule has 1 unspecified atom stereocenters. The molecule has 2 aromatic carbocycles.